The van der Waals surface area contributed by atoms with Gasteiger partial charge in [0.15, 0.2) is 5.96 Å². The lowest BCUT2D eigenvalue weighted by Crippen LogP contribution is -2.47. The number of piperazine rings is 1. The topological polar surface area (TPSA) is 78.0 Å². The number of benzene rings is 1. The minimum atomic E-state index is 0.0832. The molecule has 1 saturated heterocycles. The van der Waals surface area contributed by atoms with Crippen LogP contribution in [0.3, 0.4) is 0 Å². The van der Waals surface area contributed by atoms with Crippen molar-refractivity contribution < 1.29 is 9.53 Å². The first-order chi connectivity index (χ1) is 14.2. The van der Waals surface area contributed by atoms with Crippen molar-refractivity contribution in [2.45, 2.75) is 51.2 Å². The maximum Gasteiger partial charge on any atom is 0.239 e. The molecular weight excluding hydrogens is 366 g/mol. The van der Waals surface area contributed by atoms with E-state index < -0.39 is 0 Å². The van der Waals surface area contributed by atoms with Crippen molar-refractivity contribution >= 4 is 17.6 Å². The van der Waals surface area contributed by atoms with E-state index in [9.17, 15) is 4.79 Å². The van der Waals surface area contributed by atoms with E-state index >= 15 is 0 Å². The van der Waals surface area contributed by atoms with Gasteiger partial charge in [-0.15, -0.1) is 0 Å². The second kappa shape index (κ2) is 11.7. The predicted octanol–water partition coefficient (Wildman–Crippen LogP) is 2.03. The number of nitrogens with zero attached hydrogens (tertiary/aromatic N) is 2. The van der Waals surface area contributed by atoms with Crippen LogP contribution in [-0.2, 0) is 16.1 Å². The normalized spacial score (nSPS) is 18.9. The first kappa shape index (κ1) is 21.4. The Balaban J connectivity index is 1.36. The van der Waals surface area contributed by atoms with Crippen molar-refractivity contribution in [3.63, 3.8) is 0 Å². The Labute approximate surface area is 174 Å². The molecule has 0 spiro atoms. The van der Waals surface area contributed by atoms with Gasteiger partial charge in [0, 0.05) is 38.9 Å². The number of nitrogens with one attached hydrogen (secondary N) is 3. The number of aliphatic imine (C=N–C) groups is 1. The second-order valence-corrected chi connectivity index (χ2v) is 7.77. The molecule has 1 heterocycles. The van der Waals surface area contributed by atoms with Crippen LogP contribution in [0.2, 0.25) is 0 Å². The maximum absolute atomic E-state index is 11.5. The summed E-state index contributed by atoms with van der Waals surface area (Å²) in [5.41, 5.74) is 2.26. The molecule has 7 nitrogen and oxygen atoms in total. The van der Waals surface area contributed by atoms with Crippen molar-refractivity contribution in [1.82, 2.24) is 16.0 Å². The summed E-state index contributed by atoms with van der Waals surface area (Å²) in [7, 11) is 1.78. The lowest BCUT2D eigenvalue weighted by molar-refractivity contribution is -0.120. The quantitative estimate of drug-likeness (QED) is 0.282. The summed E-state index contributed by atoms with van der Waals surface area (Å²) >= 11 is 0. The van der Waals surface area contributed by atoms with Crippen LogP contribution in [0, 0.1) is 0 Å². The summed E-state index contributed by atoms with van der Waals surface area (Å²) < 4.78 is 6.02. The van der Waals surface area contributed by atoms with Gasteiger partial charge in [0.2, 0.25) is 5.91 Å². The molecule has 1 aliphatic carbocycles. The Morgan fingerprint density at radius 3 is 2.62 bits per heavy atom. The Bertz CT molecular complexity index is 654. The van der Waals surface area contributed by atoms with Crippen molar-refractivity contribution in [2.24, 2.45) is 4.99 Å². The average molecular weight is 402 g/mol. The standard InChI is InChI=1S/C22H35N5O2/c1-23-22(25-13-15-29-20-6-4-2-3-5-7-20)26-16-18-8-10-19(11-9-18)27-14-12-24-21(28)17-27/h8-11,20H,2-7,12-17H2,1H3,(H,24,28)(H2,23,25,26). The van der Waals surface area contributed by atoms with Crippen molar-refractivity contribution in [2.75, 3.05) is 44.7 Å². The van der Waals surface area contributed by atoms with E-state index in [2.05, 4.69) is 50.1 Å². The van der Waals surface area contributed by atoms with E-state index in [1.165, 1.54) is 44.1 Å². The number of amides is 1. The van der Waals surface area contributed by atoms with E-state index in [1.54, 1.807) is 7.05 Å². The van der Waals surface area contributed by atoms with Gasteiger partial charge in [0.05, 0.1) is 19.3 Å². The third-order valence-electron chi connectivity index (χ3n) is 5.57. The van der Waals surface area contributed by atoms with E-state index in [1.807, 2.05) is 0 Å². The highest BCUT2D eigenvalue weighted by molar-refractivity contribution is 5.82. The van der Waals surface area contributed by atoms with Gasteiger partial charge in [-0.25, -0.2) is 0 Å². The van der Waals surface area contributed by atoms with Crippen molar-refractivity contribution in [1.29, 1.82) is 0 Å². The summed E-state index contributed by atoms with van der Waals surface area (Å²) in [6.45, 7) is 4.15. The lowest BCUT2D eigenvalue weighted by Gasteiger charge is -2.28. The van der Waals surface area contributed by atoms with Crippen LogP contribution in [0.15, 0.2) is 29.3 Å². The molecular formula is C22H35N5O2. The van der Waals surface area contributed by atoms with E-state index in [-0.39, 0.29) is 5.91 Å². The molecule has 1 aliphatic heterocycles. The lowest BCUT2D eigenvalue weighted by atomic mass is 10.1. The monoisotopic (exact) mass is 401 g/mol. The molecule has 0 bridgehead atoms. The van der Waals surface area contributed by atoms with Gasteiger partial charge in [-0.05, 0) is 30.5 Å². The fraction of sp³-hybridized carbons (Fsp3) is 0.636. The highest BCUT2D eigenvalue weighted by atomic mass is 16.5. The number of guanidine groups is 1. The zero-order valence-electron chi connectivity index (χ0n) is 17.6. The Kier molecular flexibility index (Phi) is 8.61. The number of hydrogen-bond acceptors (Lipinski definition) is 4. The molecule has 7 heteroatoms. The van der Waals surface area contributed by atoms with E-state index in [4.69, 9.17) is 4.74 Å². The highest BCUT2D eigenvalue weighted by Gasteiger charge is 2.16. The number of rotatable bonds is 7. The van der Waals surface area contributed by atoms with Gasteiger partial charge in [-0.2, -0.15) is 0 Å². The molecule has 1 aromatic rings. The molecule has 1 aromatic carbocycles. The molecule has 1 saturated carbocycles. The molecule has 2 fully saturated rings. The number of ether oxygens (including phenoxy) is 1. The third-order valence-corrected chi connectivity index (χ3v) is 5.57. The molecule has 160 valence electrons. The molecule has 3 rings (SSSR count). The second-order valence-electron chi connectivity index (χ2n) is 7.77. The molecule has 0 radical (unpaired) electrons. The molecule has 2 aliphatic rings. The van der Waals surface area contributed by atoms with Gasteiger partial charge in [-0.1, -0.05) is 37.8 Å². The molecule has 0 aromatic heterocycles. The van der Waals surface area contributed by atoms with Crippen LogP contribution in [0.5, 0.6) is 0 Å². The van der Waals surface area contributed by atoms with Gasteiger partial charge in [-0.3, -0.25) is 9.79 Å². The Morgan fingerprint density at radius 1 is 1.17 bits per heavy atom. The minimum absolute atomic E-state index is 0.0832. The van der Waals surface area contributed by atoms with Crippen molar-refractivity contribution in [3.8, 4) is 0 Å². The average Bonchev–Trinajstić information content (AvgIpc) is 3.02. The van der Waals surface area contributed by atoms with Crippen LogP contribution < -0.4 is 20.9 Å². The van der Waals surface area contributed by atoms with Crippen LogP contribution in [0.25, 0.3) is 0 Å². The van der Waals surface area contributed by atoms with Crippen LogP contribution in [0.4, 0.5) is 5.69 Å². The molecule has 3 N–H and O–H groups in total. The molecule has 29 heavy (non-hydrogen) atoms. The Morgan fingerprint density at radius 2 is 1.93 bits per heavy atom. The summed E-state index contributed by atoms with van der Waals surface area (Å²) in [6.07, 6.45) is 8.12. The maximum atomic E-state index is 11.5. The minimum Gasteiger partial charge on any atom is -0.376 e. The fourth-order valence-corrected chi connectivity index (χ4v) is 3.89. The number of carbonyl (C=O) groups excluding carboxylic acids is 1. The SMILES string of the molecule is CN=C(NCCOC1CCCCCC1)NCc1ccc(N2CCNC(=O)C2)cc1. The number of anilines is 1. The highest BCUT2D eigenvalue weighted by Crippen LogP contribution is 2.19. The molecule has 0 unspecified atom stereocenters. The van der Waals surface area contributed by atoms with Crippen LogP contribution in [0.1, 0.15) is 44.1 Å². The largest absolute Gasteiger partial charge is 0.376 e. The molecule has 0 atom stereocenters. The first-order valence-corrected chi connectivity index (χ1v) is 10.9. The predicted molar refractivity (Wildman–Crippen MR) is 117 cm³/mol. The van der Waals surface area contributed by atoms with Crippen molar-refractivity contribution in [3.05, 3.63) is 29.8 Å². The summed E-state index contributed by atoms with van der Waals surface area (Å²) in [5.74, 6) is 0.867. The summed E-state index contributed by atoms with van der Waals surface area (Å²) in [4.78, 5) is 17.9. The Hall–Kier alpha value is -2.28. The number of hydrogen-bond donors (Lipinski definition) is 3. The smallest absolute Gasteiger partial charge is 0.239 e. The van der Waals surface area contributed by atoms with Crippen LogP contribution in [-0.4, -0.2) is 57.8 Å². The van der Waals surface area contributed by atoms with Gasteiger partial charge >= 0.3 is 0 Å². The van der Waals surface area contributed by atoms with Gasteiger partial charge in [0.1, 0.15) is 0 Å². The summed E-state index contributed by atoms with van der Waals surface area (Å²) in [6, 6.07) is 8.34. The van der Waals surface area contributed by atoms with Gasteiger partial charge < -0.3 is 25.6 Å². The molecule has 1 amide bonds. The third kappa shape index (κ3) is 7.24. The van der Waals surface area contributed by atoms with Gasteiger partial charge in [0.25, 0.3) is 0 Å². The zero-order valence-corrected chi connectivity index (χ0v) is 17.6. The van der Waals surface area contributed by atoms with Crippen LogP contribution >= 0.6 is 0 Å². The van der Waals surface area contributed by atoms with E-state index in [0.717, 1.165) is 24.7 Å². The summed E-state index contributed by atoms with van der Waals surface area (Å²) in [5, 5.41) is 9.52. The zero-order chi connectivity index (χ0) is 20.3. The fourth-order valence-electron chi connectivity index (χ4n) is 3.89. The number of carbonyl (C=O) groups is 1. The first-order valence-electron chi connectivity index (χ1n) is 10.9. The van der Waals surface area contributed by atoms with E-state index in [0.29, 0.717) is 32.3 Å².